The Kier molecular flexibility index (Phi) is 5.50. The van der Waals surface area contributed by atoms with Gasteiger partial charge in [-0.25, -0.2) is 22.9 Å². The topological polar surface area (TPSA) is 80.3 Å². The van der Waals surface area contributed by atoms with E-state index in [1.54, 1.807) is 24.3 Å². The number of alkyl carbamates (subject to hydrolysis) is 1. The Hall–Kier alpha value is -2.81. The number of pyridine rings is 1. The summed E-state index contributed by atoms with van der Waals surface area (Å²) >= 11 is 5.86. The SMILES string of the molecule is O=C1NC[C@@H](C(=O)N[C@@H](c2ccc(Cl)cc2)c2ccc(F)c(C(F)F)n2)O1. The molecule has 1 aromatic carbocycles. The fraction of sp³-hybridized carbons (Fsp3) is 0.235. The number of hydrogen-bond donors (Lipinski definition) is 2. The summed E-state index contributed by atoms with van der Waals surface area (Å²) < 4.78 is 44.4. The summed E-state index contributed by atoms with van der Waals surface area (Å²) in [7, 11) is 0. The largest absolute Gasteiger partial charge is 0.434 e. The van der Waals surface area contributed by atoms with Crippen LogP contribution in [-0.2, 0) is 9.53 Å². The van der Waals surface area contributed by atoms with Gasteiger partial charge >= 0.3 is 6.09 Å². The van der Waals surface area contributed by atoms with Crippen molar-refractivity contribution in [3.63, 3.8) is 0 Å². The van der Waals surface area contributed by atoms with Gasteiger partial charge in [-0.15, -0.1) is 0 Å². The first-order valence-corrected chi connectivity index (χ1v) is 8.17. The Morgan fingerprint density at radius 1 is 1.26 bits per heavy atom. The quantitative estimate of drug-likeness (QED) is 0.809. The summed E-state index contributed by atoms with van der Waals surface area (Å²) in [5.41, 5.74) is -0.543. The number of benzene rings is 1. The van der Waals surface area contributed by atoms with Crippen molar-refractivity contribution in [3.8, 4) is 0 Å². The van der Waals surface area contributed by atoms with E-state index >= 15 is 0 Å². The predicted molar refractivity (Wildman–Crippen MR) is 88.9 cm³/mol. The summed E-state index contributed by atoms with van der Waals surface area (Å²) in [6.45, 7) is -0.0306. The average molecular weight is 400 g/mol. The lowest BCUT2D eigenvalue weighted by Gasteiger charge is -2.21. The smallest absolute Gasteiger partial charge is 0.408 e. The van der Waals surface area contributed by atoms with Gasteiger partial charge in [0.25, 0.3) is 12.3 Å². The average Bonchev–Trinajstić information content (AvgIpc) is 3.07. The zero-order chi connectivity index (χ0) is 19.6. The number of hydrogen-bond acceptors (Lipinski definition) is 4. The summed E-state index contributed by atoms with van der Waals surface area (Å²) in [4.78, 5) is 27.2. The minimum atomic E-state index is -3.12. The summed E-state index contributed by atoms with van der Waals surface area (Å²) in [6, 6.07) is 7.30. The second kappa shape index (κ2) is 7.83. The zero-order valence-electron chi connectivity index (χ0n) is 13.6. The lowest BCUT2D eigenvalue weighted by molar-refractivity contribution is -0.128. The lowest BCUT2D eigenvalue weighted by Crippen LogP contribution is -2.39. The summed E-state index contributed by atoms with van der Waals surface area (Å²) in [5, 5.41) is 5.36. The van der Waals surface area contributed by atoms with Gasteiger partial charge in [-0.3, -0.25) is 4.79 Å². The van der Waals surface area contributed by atoms with Crippen molar-refractivity contribution in [2.45, 2.75) is 18.6 Å². The monoisotopic (exact) mass is 399 g/mol. The van der Waals surface area contributed by atoms with E-state index in [2.05, 4.69) is 15.6 Å². The van der Waals surface area contributed by atoms with Gasteiger partial charge in [0.1, 0.15) is 5.69 Å². The maximum Gasteiger partial charge on any atom is 0.408 e. The third-order valence-corrected chi connectivity index (χ3v) is 4.11. The molecule has 1 saturated heterocycles. The van der Waals surface area contributed by atoms with Crippen molar-refractivity contribution in [2.24, 2.45) is 0 Å². The van der Waals surface area contributed by atoms with Gasteiger partial charge in [0.05, 0.1) is 18.3 Å². The molecule has 2 N–H and O–H groups in total. The van der Waals surface area contributed by atoms with Crippen LogP contribution in [0, 0.1) is 5.82 Å². The van der Waals surface area contributed by atoms with E-state index in [1.165, 1.54) is 6.07 Å². The third kappa shape index (κ3) is 4.30. The lowest BCUT2D eigenvalue weighted by atomic mass is 10.0. The number of amides is 2. The van der Waals surface area contributed by atoms with Crippen molar-refractivity contribution in [2.75, 3.05) is 6.54 Å². The normalized spacial score (nSPS) is 17.4. The Bertz CT molecular complexity index is 864. The van der Waals surface area contributed by atoms with Crippen molar-refractivity contribution < 1.29 is 27.5 Å². The molecule has 10 heteroatoms. The molecule has 0 radical (unpaired) electrons. The van der Waals surface area contributed by atoms with Crippen LogP contribution in [0.4, 0.5) is 18.0 Å². The Labute approximate surface area is 156 Å². The molecule has 6 nitrogen and oxygen atoms in total. The minimum absolute atomic E-state index is 0.000319. The molecule has 0 bridgehead atoms. The number of nitrogens with zero attached hydrogens (tertiary/aromatic N) is 1. The molecule has 2 heterocycles. The van der Waals surface area contributed by atoms with Crippen LogP contribution < -0.4 is 10.6 Å². The fourth-order valence-electron chi connectivity index (χ4n) is 2.54. The van der Waals surface area contributed by atoms with E-state index in [0.29, 0.717) is 10.6 Å². The van der Waals surface area contributed by atoms with E-state index in [9.17, 15) is 22.8 Å². The van der Waals surface area contributed by atoms with E-state index < -0.39 is 42.1 Å². The molecule has 2 aromatic rings. The molecule has 0 unspecified atom stereocenters. The minimum Gasteiger partial charge on any atom is -0.434 e. The van der Waals surface area contributed by atoms with Crippen LogP contribution in [0.1, 0.15) is 29.4 Å². The van der Waals surface area contributed by atoms with E-state index in [0.717, 1.165) is 6.07 Å². The highest BCUT2D eigenvalue weighted by molar-refractivity contribution is 6.30. The number of halogens is 4. The Morgan fingerprint density at radius 2 is 1.96 bits per heavy atom. The molecular weight excluding hydrogens is 387 g/mol. The second-order valence-electron chi connectivity index (χ2n) is 5.67. The molecule has 2 atom stereocenters. The maximum atomic E-state index is 13.6. The number of aromatic nitrogens is 1. The van der Waals surface area contributed by atoms with Crippen LogP contribution in [-0.4, -0.2) is 29.6 Å². The van der Waals surface area contributed by atoms with Gasteiger partial charge in [-0.1, -0.05) is 23.7 Å². The maximum absolute atomic E-state index is 13.6. The Morgan fingerprint density at radius 3 is 2.56 bits per heavy atom. The first-order chi connectivity index (χ1) is 12.8. The van der Waals surface area contributed by atoms with Crippen molar-refractivity contribution in [1.82, 2.24) is 15.6 Å². The van der Waals surface area contributed by atoms with Crippen LogP contribution in [0.25, 0.3) is 0 Å². The van der Waals surface area contributed by atoms with Gasteiger partial charge in [-0.05, 0) is 29.8 Å². The van der Waals surface area contributed by atoms with Gasteiger partial charge in [0, 0.05) is 5.02 Å². The summed E-state index contributed by atoms with van der Waals surface area (Å²) in [5.74, 6) is -1.80. The molecule has 1 aliphatic rings. The number of nitrogens with one attached hydrogen (secondary N) is 2. The number of carbonyl (C=O) groups excluding carboxylic acids is 2. The van der Waals surface area contributed by atoms with Gasteiger partial charge in [-0.2, -0.15) is 0 Å². The molecule has 1 aromatic heterocycles. The molecule has 1 fully saturated rings. The van der Waals surface area contributed by atoms with Crippen LogP contribution in [0.2, 0.25) is 5.02 Å². The third-order valence-electron chi connectivity index (χ3n) is 3.86. The molecule has 142 valence electrons. The highest BCUT2D eigenvalue weighted by Crippen LogP contribution is 2.26. The zero-order valence-corrected chi connectivity index (χ0v) is 14.3. The van der Waals surface area contributed by atoms with Crippen LogP contribution in [0.15, 0.2) is 36.4 Å². The van der Waals surface area contributed by atoms with Gasteiger partial charge in [0.2, 0.25) is 0 Å². The first kappa shape index (κ1) is 19.0. The predicted octanol–water partition coefficient (Wildman–Crippen LogP) is 3.13. The molecule has 2 amide bonds. The molecule has 27 heavy (non-hydrogen) atoms. The number of alkyl halides is 2. The molecule has 0 aliphatic carbocycles. The van der Waals surface area contributed by atoms with E-state index in [-0.39, 0.29) is 12.2 Å². The first-order valence-electron chi connectivity index (χ1n) is 7.80. The highest BCUT2D eigenvalue weighted by Gasteiger charge is 2.32. The van der Waals surface area contributed by atoms with Crippen molar-refractivity contribution in [3.05, 3.63) is 64.2 Å². The molecule has 1 aliphatic heterocycles. The number of ether oxygens (including phenoxy) is 1. The van der Waals surface area contributed by atoms with Crippen LogP contribution in [0.3, 0.4) is 0 Å². The van der Waals surface area contributed by atoms with Crippen molar-refractivity contribution in [1.29, 1.82) is 0 Å². The van der Waals surface area contributed by atoms with Crippen molar-refractivity contribution >= 4 is 23.6 Å². The number of carbonyl (C=O) groups is 2. The fourth-order valence-corrected chi connectivity index (χ4v) is 2.67. The van der Waals surface area contributed by atoms with Gasteiger partial charge < -0.3 is 15.4 Å². The molecular formula is C17H13ClF3N3O3. The van der Waals surface area contributed by atoms with Gasteiger partial charge in [0.15, 0.2) is 11.9 Å². The van der Waals surface area contributed by atoms with Crippen LogP contribution >= 0.6 is 11.6 Å². The summed E-state index contributed by atoms with van der Waals surface area (Å²) in [6.07, 6.45) is -4.94. The molecule has 0 saturated carbocycles. The Balaban J connectivity index is 1.95. The number of cyclic esters (lactones) is 1. The van der Waals surface area contributed by atoms with E-state index in [1.807, 2.05) is 0 Å². The second-order valence-corrected chi connectivity index (χ2v) is 6.11. The van der Waals surface area contributed by atoms with Crippen LogP contribution in [0.5, 0.6) is 0 Å². The van der Waals surface area contributed by atoms with E-state index in [4.69, 9.17) is 16.3 Å². The standard InChI is InChI=1S/C17H13ClF3N3O3/c18-9-3-1-8(2-4-9)13(24-16(25)12-7-22-17(26)27-12)11-6-5-10(19)14(23-11)15(20)21/h1-6,12-13,15H,7H2,(H,22,26)(H,24,25)/t12-,13-/m0/s1. The number of rotatable bonds is 5. The molecule has 3 rings (SSSR count). The highest BCUT2D eigenvalue weighted by atomic mass is 35.5. The molecule has 0 spiro atoms.